The number of amides is 3. The van der Waals surface area contributed by atoms with Crippen LogP contribution in [-0.4, -0.2) is 79.3 Å². The normalized spacial score (nSPS) is 21.2. The fourth-order valence-corrected chi connectivity index (χ4v) is 2.39. The number of nitrogens with one attached hydrogen (secondary N) is 1. The molecule has 1 rings (SSSR count). The molecule has 1 fully saturated rings. The van der Waals surface area contributed by atoms with Crippen LogP contribution in [0.25, 0.3) is 0 Å². The molecule has 3 amide bonds. The lowest BCUT2D eigenvalue weighted by Gasteiger charge is -2.28. The average molecular weight is 301 g/mol. The van der Waals surface area contributed by atoms with E-state index in [1.807, 2.05) is 6.92 Å². The minimum Gasteiger partial charge on any atom is -0.480 e. The molecule has 0 aromatic carbocycles. The molecule has 0 saturated carbocycles. The maximum absolute atomic E-state index is 12.3. The van der Waals surface area contributed by atoms with Gasteiger partial charge in [-0.25, -0.2) is 9.59 Å². The zero-order valence-corrected chi connectivity index (χ0v) is 12.7. The lowest BCUT2D eigenvalue weighted by Crippen LogP contribution is -2.50. The minimum absolute atomic E-state index is 0.0876. The molecule has 2 N–H and O–H groups in total. The van der Waals surface area contributed by atoms with Crippen LogP contribution in [0.5, 0.6) is 0 Å². The van der Waals surface area contributed by atoms with E-state index in [-0.39, 0.29) is 18.4 Å². The summed E-state index contributed by atoms with van der Waals surface area (Å²) in [6.45, 7) is 2.86. The Kier molecular flexibility index (Phi) is 6.41. The summed E-state index contributed by atoms with van der Waals surface area (Å²) in [5, 5.41) is 11.8. The fraction of sp³-hybridized carbons (Fsp3) is 0.769. The van der Waals surface area contributed by atoms with Crippen molar-refractivity contribution in [1.29, 1.82) is 0 Å². The van der Waals surface area contributed by atoms with Crippen LogP contribution in [0.4, 0.5) is 4.79 Å². The predicted octanol–water partition coefficient (Wildman–Crippen LogP) is -0.404. The number of carboxylic acid groups (broad SMARTS) is 1. The number of carbonyl (C=O) groups is 3. The van der Waals surface area contributed by atoms with Gasteiger partial charge in [0.05, 0.1) is 6.61 Å². The summed E-state index contributed by atoms with van der Waals surface area (Å²) in [6, 6.07) is -1.26. The van der Waals surface area contributed by atoms with Gasteiger partial charge in [-0.05, 0) is 12.3 Å². The molecular formula is C13H23N3O5. The topological polar surface area (TPSA) is 99.2 Å². The number of urea groups is 1. The van der Waals surface area contributed by atoms with Gasteiger partial charge in [-0.3, -0.25) is 4.79 Å². The van der Waals surface area contributed by atoms with Crippen LogP contribution in [0.15, 0.2) is 0 Å². The number of ether oxygens (including phenoxy) is 1. The largest absolute Gasteiger partial charge is 0.480 e. The second-order valence-corrected chi connectivity index (χ2v) is 5.22. The monoisotopic (exact) mass is 301 g/mol. The smallest absolute Gasteiger partial charge is 0.326 e. The molecule has 120 valence electrons. The van der Waals surface area contributed by atoms with Gasteiger partial charge in [0.1, 0.15) is 12.6 Å². The standard InChI is InChI=1S/C13H23N3O5/c1-9-4-6-16(11(9)12(18)19)13(20)15(2)8-10(17)14-5-7-21-3/h9,11H,4-8H2,1-3H3,(H,14,17)(H,18,19). The molecule has 0 aromatic rings. The quantitative estimate of drug-likeness (QED) is 0.650. The number of methoxy groups -OCH3 is 1. The SMILES string of the molecule is COCCNC(=O)CN(C)C(=O)N1CCC(C)C1C(=O)O. The Morgan fingerprint density at radius 2 is 2.10 bits per heavy atom. The molecule has 8 heteroatoms. The summed E-state index contributed by atoms with van der Waals surface area (Å²) in [4.78, 5) is 37.7. The van der Waals surface area contributed by atoms with E-state index in [0.717, 1.165) is 0 Å². The first-order valence-corrected chi connectivity index (χ1v) is 6.88. The Morgan fingerprint density at radius 1 is 1.43 bits per heavy atom. The van der Waals surface area contributed by atoms with Gasteiger partial charge in [-0.2, -0.15) is 0 Å². The molecular weight excluding hydrogens is 278 g/mol. The summed E-state index contributed by atoms with van der Waals surface area (Å²) in [7, 11) is 3.02. The van der Waals surface area contributed by atoms with Crippen LogP contribution in [0.1, 0.15) is 13.3 Å². The van der Waals surface area contributed by atoms with E-state index in [1.165, 1.54) is 24.0 Å². The second kappa shape index (κ2) is 7.82. The van der Waals surface area contributed by atoms with Crippen LogP contribution in [0.3, 0.4) is 0 Å². The van der Waals surface area contributed by atoms with Gasteiger partial charge < -0.3 is 25.0 Å². The van der Waals surface area contributed by atoms with Gasteiger partial charge in [0.2, 0.25) is 5.91 Å². The highest BCUT2D eigenvalue weighted by atomic mass is 16.5. The number of hydrogen-bond acceptors (Lipinski definition) is 4. The summed E-state index contributed by atoms with van der Waals surface area (Å²) in [5.74, 6) is -1.40. The molecule has 2 atom stereocenters. The van der Waals surface area contributed by atoms with Crippen LogP contribution < -0.4 is 5.32 Å². The van der Waals surface area contributed by atoms with E-state index in [0.29, 0.717) is 26.1 Å². The van der Waals surface area contributed by atoms with Gasteiger partial charge in [0.15, 0.2) is 0 Å². The van der Waals surface area contributed by atoms with Crippen LogP contribution >= 0.6 is 0 Å². The predicted molar refractivity (Wildman–Crippen MR) is 74.8 cm³/mol. The highest BCUT2D eigenvalue weighted by molar-refractivity contribution is 5.87. The number of hydrogen-bond donors (Lipinski definition) is 2. The van der Waals surface area contributed by atoms with Gasteiger partial charge in [0, 0.05) is 27.2 Å². The molecule has 0 bridgehead atoms. The van der Waals surface area contributed by atoms with Crippen molar-refractivity contribution >= 4 is 17.9 Å². The Balaban J connectivity index is 2.54. The molecule has 21 heavy (non-hydrogen) atoms. The molecule has 0 aliphatic carbocycles. The Hall–Kier alpha value is -1.83. The summed E-state index contributed by atoms with van der Waals surface area (Å²) >= 11 is 0. The first-order valence-electron chi connectivity index (χ1n) is 6.88. The van der Waals surface area contributed by atoms with Gasteiger partial charge >= 0.3 is 12.0 Å². The van der Waals surface area contributed by atoms with Crippen LogP contribution in [0, 0.1) is 5.92 Å². The molecule has 2 unspecified atom stereocenters. The Labute approximate surface area is 124 Å². The van der Waals surface area contributed by atoms with Gasteiger partial charge in [-0.1, -0.05) is 6.92 Å². The van der Waals surface area contributed by atoms with Crippen molar-refractivity contribution in [2.24, 2.45) is 5.92 Å². The Morgan fingerprint density at radius 3 is 2.67 bits per heavy atom. The summed E-state index contributed by atoms with van der Waals surface area (Å²) in [6.07, 6.45) is 0.649. The first kappa shape index (κ1) is 17.2. The molecule has 0 radical (unpaired) electrons. The van der Waals surface area contributed by atoms with E-state index < -0.39 is 18.0 Å². The zero-order chi connectivity index (χ0) is 16.0. The van der Waals surface area contributed by atoms with Crippen molar-refractivity contribution in [2.45, 2.75) is 19.4 Å². The maximum Gasteiger partial charge on any atom is 0.326 e. The number of rotatable bonds is 6. The molecule has 1 aliphatic rings. The minimum atomic E-state index is -1.01. The van der Waals surface area contributed by atoms with Crippen molar-refractivity contribution in [3.8, 4) is 0 Å². The van der Waals surface area contributed by atoms with Crippen LogP contribution in [0.2, 0.25) is 0 Å². The number of likely N-dealkylation sites (N-methyl/N-ethyl adjacent to an activating group) is 1. The molecule has 8 nitrogen and oxygen atoms in total. The van der Waals surface area contributed by atoms with Crippen molar-refractivity contribution in [2.75, 3.05) is 40.4 Å². The van der Waals surface area contributed by atoms with Gasteiger partial charge in [0.25, 0.3) is 0 Å². The van der Waals surface area contributed by atoms with Crippen molar-refractivity contribution in [1.82, 2.24) is 15.1 Å². The molecule has 1 saturated heterocycles. The third kappa shape index (κ3) is 4.59. The van der Waals surface area contributed by atoms with E-state index in [4.69, 9.17) is 4.74 Å². The lowest BCUT2D eigenvalue weighted by atomic mass is 10.0. The maximum atomic E-state index is 12.3. The summed E-state index contributed by atoms with van der Waals surface area (Å²) in [5.41, 5.74) is 0. The van der Waals surface area contributed by atoms with Gasteiger partial charge in [-0.15, -0.1) is 0 Å². The number of carboxylic acids is 1. The fourth-order valence-electron chi connectivity index (χ4n) is 2.39. The number of aliphatic carboxylic acids is 1. The number of carbonyl (C=O) groups excluding carboxylic acids is 2. The second-order valence-electron chi connectivity index (χ2n) is 5.22. The molecule has 1 aliphatic heterocycles. The first-order chi connectivity index (χ1) is 9.88. The average Bonchev–Trinajstić information content (AvgIpc) is 2.80. The Bertz CT molecular complexity index is 401. The van der Waals surface area contributed by atoms with E-state index in [2.05, 4.69) is 5.32 Å². The number of likely N-dealkylation sites (tertiary alicyclic amines) is 1. The lowest BCUT2D eigenvalue weighted by molar-refractivity contribution is -0.142. The van der Waals surface area contributed by atoms with E-state index in [9.17, 15) is 19.5 Å². The van der Waals surface area contributed by atoms with Crippen molar-refractivity contribution in [3.63, 3.8) is 0 Å². The summed E-state index contributed by atoms with van der Waals surface area (Å²) < 4.78 is 4.81. The molecule has 1 heterocycles. The number of nitrogens with zero attached hydrogens (tertiary/aromatic N) is 2. The van der Waals surface area contributed by atoms with Crippen molar-refractivity contribution < 1.29 is 24.2 Å². The third-order valence-corrected chi connectivity index (χ3v) is 3.53. The third-order valence-electron chi connectivity index (χ3n) is 3.53. The zero-order valence-electron chi connectivity index (χ0n) is 12.7. The van der Waals surface area contributed by atoms with Crippen molar-refractivity contribution in [3.05, 3.63) is 0 Å². The van der Waals surface area contributed by atoms with E-state index in [1.54, 1.807) is 0 Å². The molecule has 0 aromatic heterocycles. The highest BCUT2D eigenvalue weighted by Gasteiger charge is 2.40. The van der Waals surface area contributed by atoms with Crippen LogP contribution in [-0.2, 0) is 14.3 Å². The van der Waals surface area contributed by atoms with E-state index >= 15 is 0 Å². The highest BCUT2D eigenvalue weighted by Crippen LogP contribution is 2.24. The molecule has 0 spiro atoms.